The van der Waals surface area contributed by atoms with E-state index in [1.54, 1.807) is 12.4 Å². The van der Waals surface area contributed by atoms with Crippen LogP contribution in [0.4, 0.5) is 5.82 Å². The fraction of sp³-hybridized carbons (Fsp3) is 0.308. The van der Waals surface area contributed by atoms with Crippen molar-refractivity contribution in [3.8, 4) is 0 Å². The highest BCUT2D eigenvalue weighted by Crippen LogP contribution is 2.16. The molecule has 5 heteroatoms. The number of rotatable bonds is 4. The van der Waals surface area contributed by atoms with E-state index in [1.165, 1.54) is 0 Å². The number of nitrogens with two attached hydrogens (primary N) is 1. The van der Waals surface area contributed by atoms with Gasteiger partial charge in [-0.2, -0.15) is 0 Å². The number of hydrogen-bond acceptors (Lipinski definition) is 5. The Morgan fingerprint density at radius 3 is 2.56 bits per heavy atom. The average Bonchev–Trinajstić information content (AvgIpc) is 2.39. The van der Waals surface area contributed by atoms with E-state index >= 15 is 0 Å². The lowest BCUT2D eigenvalue weighted by molar-refractivity contribution is 0.792. The number of hydrazine groups is 1. The molecule has 2 heterocycles. The molecular weight excluding hydrogens is 226 g/mol. The Morgan fingerprint density at radius 2 is 1.94 bits per heavy atom. The van der Waals surface area contributed by atoms with Gasteiger partial charge in [-0.1, -0.05) is 13.8 Å². The van der Waals surface area contributed by atoms with E-state index in [2.05, 4.69) is 34.2 Å². The lowest BCUT2D eigenvalue weighted by Crippen LogP contribution is -2.12. The molecule has 94 valence electrons. The molecule has 2 aromatic heterocycles. The average molecular weight is 243 g/mol. The zero-order valence-electron chi connectivity index (χ0n) is 10.6. The molecular formula is C13H17N5. The predicted octanol–water partition coefficient (Wildman–Crippen LogP) is 1.87. The van der Waals surface area contributed by atoms with Crippen LogP contribution in [0, 0.1) is 0 Å². The van der Waals surface area contributed by atoms with Gasteiger partial charge in [0.05, 0.1) is 0 Å². The van der Waals surface area contributed by atoms with Gasteiger partial charge in [-0.3, -0.25) is 4.98 Å². The zero-order chi connectivity index (χ0) is 13.0. The fourth-order valence-electron chi connectivity index (χ4n) is 1.65. The van der Waals surface area contributed by atoms with Crippen LogP contribution in [-0.2, 0) is 6.42 Å². The molecule has 0 unspecified atom stereocenters. The molecule has 0 bridgehead atoms. The van der Waals surface area contributed by atoms with E-state index in [4.69, 9.17) is 5.84 Å². The van der Waals surface area contributed by atoms with Crippen molar-refractivity contribution in [3.63, 3.8) is 0 Å². The first kappa shape index (κ1) is 12.4. The molecule has 0 fully saturated rings. The monoisotopic (exact) mass is 243 g/mol. The van der Waals surface area contributed by atoms with E-state index in [1.807, 2.05) is 18.2 Å². The summed E-state index contributed by atoms with van der Waals surface area (Å²) < 4.78 is 0. The SMILES string of the molecule is CC(C)c1cc(NN)nc(Cc2ccncc2)n1. The lowest BCUT2D eigenvalue weighted by Gasteiger charge is -2.09. The van der Waals surface area contributed by atoms with Gasteiger partial charge in [0.15, 0.2) is 0 Å². The Morgan fingerprint density at radius 1 is 1.22 bits per heavy atom. The minimum atomic E-state index is 0.344. The molecule has 0 saturated heterocycles. The molecule has 5 nitrogen and oxygen atoms in total. The Hall–Kier alpha value is -2.01. The van der Waals surface area contributed by atoms with Gasteiger partial charge in [0.2, 0.25) is 0 Å². The molecule has 0 aromatic carbocycles. The Balaban J connectivity index is 2.30. The maximum Gasteiger partial charge on any atom is 0.143 e. The summed E-state index contributed by atoms with van der Waals surface area (Å²) in [5.41, 5.74) is 4.71. The number of anilines is 1. The van der Waals surface area contributed by atoms with Gasteiger partial charge in [-0.15, -0.1) is 0 Å². The van der Waals surface area contributed by atoms with Crippen molar-refractivity contribution < 1.29 is 0 Å². The third-order valence-electron chi connectivity index (χ3n) is 2.64. The molecule has 0 aliphatic heterocycles. The molecule has 2 rings (SSSR count). The second kappa shape index (κ2) is 5.55. The smallest absolute Gasteiger partial charge is 0.143 e. The summed E-state index contributed by atoms with van der Waals surface area (Å²) in [5, 5.41) is 0. The number of nitrogens with one attached hydrogen (secondary N) is 1. The third kappa shape index (κ3) is 3.01. The minimum Gasteiger partial charge on any atom is -0.308 e. The Bertz CT molecular complexity index is 510. The number of hydrogen-bond donors (Lipinski definition) is 2. The zero-order valence-corrected chi connectivity index (χ0v) is 10.6. The van der Waals surface area contributed by atoms with Gasteiger partial charge < -0.3 is 5.43 Å². The van der Waals surface area contributed by atoms with Crippen LogP contribution >= 0.6 is 0 Å². The number of pyridine rings is 1. The maximum atomic E-state index is 5.43. The van der Waals surface area contributed by atoms with Crippen LogP contribution in [-0.4, -0.2) is 15.0 Å². The van der Waals surface area contributed by atoms with Crippen molar-refractivity contribution >= 4 is 5.82 Å². The van der Waals surface area contributed by atoms with Gasteiger partial charge in [0, 0.05) is 30.6 Å². The largest absolute Gasteiger partial charge is 0.308 e. The molecule has 0 saturated carbocycles. The van der Waals surface area contributed by atoms with Crippen LogP contribution in [0.3, 0.4) is 0 Å². The van der Waals surface area contributed by atoms with Crippen molar-refractivity contribution in [2.75, 3.05) is 5.43 Å². The topological polar surface area (TPSA) is 76.7 Å². The quantitative estimate of drug-likeness (QED) is 0.633. The maximum absolute atomic E-state index is 5.43. The summed E-state index contributed by atoms with van der Waals surface area (Å²) in [4.78, 5) is 12.9. The molecule has 0 spiro atoms. The van der Waals surface area contributed by atoms with Crippen LogP contribution in [0.2, 0.25) is 0 Å². The van der Waals surface area contributed by atoms with Crippen LogP contribution in [0.25, 0.3) is 0 Å². The Labute approximate surface area is 106 Å². The molecule has 0 aliphatic rings. The second-order valence-electron chi connectivity index (χ2n) is 4.43. The van der Waals surface area contributed by atoms with Crippen molar-refractivity contribution in [2.45, 2.75) is 26.2 Å². The van der Waals surface area contributed by atoms with E-state index < -0.39 is 0 Å². The predicted molar refractivity (Wildman–Crippen MR) is 71.0 cm³/mol. The highest BCUT2D eigenvalue weighted by Gasteiger charge is 2.07. The van der Waals surface area contributed by atoms with Crippen molar-refractivity contribution in [2.24, 2.45) is 5.84 Å². The van der Waals surface area contributed by atoms with Crippen LogP contribution in [0.15, 0.2) is 30.6 Å². The van der Waals surface area contributed by atoms with Crippen LogP contribution < -0.4 is 11.3 Å². The van der Waals surface area contributed by atoms with Crippen molar-refractivity contribution in [1.82, 2.24) is 15.0 Å². The van der Waals surface area contributed by atoms with E-state index in [-0.39, 0.29) is 0 Å². The number of aromatic nitrogens is 3. The van der Waals surface area contributed by atoms with Gasteiger partial charge >= 0.3 is 0 Å². The van der Waals surface area contributed by atoms with Gasteiger partial charge in [0.1, 0.15) is 11.6 Å². The highest BCUT2D eigenvalue weighted by atomic mass is 15.3. The van der Waals surface area contributed by atoms with Crippen molar-refractivity contribution in [3.05, 3.63) is 47.7 Å². The first-order valence-electron chi connectivity index (χ1n) is 5.92. The summed E-state index contributed by atoms with van der Waals surface area (Å²) in [6, 6.07) is 5.79. The summed E-state index contributed by atoms with van der Waals surface area (Å²) in [6.45, 7) is 4.19. The van der Waals surface area contributed by atoms with Crippen LogP contribution in [0.5, 0.6) is 0 Å². The number of nitrogen functional groups attached to an aromatic ring is 1. The van der Waals surface area contributed by atoms with Crippen LogP contribution in [0.1, 0.15) is 36.8 Å². The summed E-state index contributed by atoms with van der Waals surface area (Å²) in [6.07, 6.45) is 4.21. The first-order chi connectivity index (χ1) is 8.69. The Kier molecular flexibility index (Phi) is 3.84. The standard InChI is InChI=1S/C13H17N5/c1-9(2)11-8-13(18-14)17-12(16-11)7-10-3-5-15-6-4-10/h3-6,8-9H,7,14H2,1-2H3,(H,16,17,18). The van der Waals surface area contributed by atoms with E-state index in [9.17, 15) is 0 Å². The van der Waals surface area contributed by atoms with Gasteiger partial charge in [0.25, 0.3) is 0 Å². The molecule has 18 heavy (non-hydrogen) atoms. The molecule has 0 atom stereocenters. The number of nitrogens with zero attached hydrogens (tertiary/aromatic N) is 3. The lowest BCUT2D eigenvalue weighted by atomic mass is 10.1. The molecule has 0 amide bonds. The second-order valence-corrected chi connectivity index (χ2v) is 4.43. The van der Waals surface area contributed by atoms with Crippen molar-refractivity contribution in [1.29, 1.82) is 0 Å². The minimum absolute atomic E-state index is 0.344. The first-order valence-corrected chi connectivity index (χ1v) is 5.92. The normalized spacial score (nSPS) is 10.7. The van der Waals surface area contributed by atoms with Gasteiger partial charge in [-0.25, -0.2) is 15.8 Å². The summed E-state index contributed by atoms with van der Waals surface area (Å²) in [5.74, 6) is 7.19. The fourth-order valence-corrected chi connectivity index (χ4v) is 1.65. The molecule has 0 aliphatic carbocycles. The van der Waals surface area contributed by atoms with Gasteiger partial charge in [-0.05, 0) is 23.6 Å². The van der Waals surface area contributed by atoms with E-state index in [0.29, 0.717) is 18.2 Å². The third-order valence-corrected chi connectivity index (χ3v) is 2.64. The summed E-state index contributed by atoms with van der Waals surface area (Å²) in [7, 11) is 0. The molecule has 2 aromatic rings. The highest BCUT2D eigenvalue weighted by molar-refractivity contribution is 5.36. The molecule has 0 radical (unpaired) electrons. The summed E-state index contributed by atoms with van der Waals surface area (Å²) >= 11 is 0. The molecule has 3 N–H and O–H groups in total. The van der Waals surface area contributed by atoms with E-state index in [0.717, 1.165) is 17.1 Å².